The zero-order valence-electron chi connectivity index (χ0n) is 10.5. The van der Waals surface area contributed by atoms with E-state index < -0.39 is 0 Å². The Morgan fingerprint density at radius 1 is 1.16 bits per heavy atom. The minimum Gasteiger partial charge on any atom is -0.321 e. The fraction of sp³-hybridized carbons (Fsp3) is 0.0667. The number of hydrogen-bond acceptors (Lipinski definition) is 2. The van der Waals surface area contributed by atoms with E-state index >= 15 is 0 Å². The third-order valence-corrected chi connectivity index (χ3v) is 2.97. The fourth-order valence-electron chi connectivity index (χ4n) is 1.96. The van der Waals surface area contributed by atoms with Crippen LogP contribution in [0.2, 0.25) is 0 Å². The number of carbonyl (C=O) groups excluding carboxylic acids is 1. The number of fused-ring (bicyclic) bond motifs is 1. The molecule has 0 aliphatic heterocycles. The number of nitrogens with one attached hydrogen (secondary N) is 1. The standard InChI is InChI=1S/C15H13N3O/c1-11-5-7-12(8-6-11)17-15(19)13-3-2-4-14-16-9-10-18(13)14/h2-10H,1H3,(H,17,19). The van der Waals surface area contributed by atoms with E-state index in [1.54, 1.807) is 22.9 Å². The molecule has 3 rings (SSSR count). The highest BCUT2D eigenvalue weighted by atomic mass is 16.1. The molecule has 19 heavy (non-hydrogen) atoms. The van der Waals surface area contributed by atoms with Crippen LogP contribution in [0.25, 0.3) is 5.65 Å². The van der Waals surface area contributed by atoms with Crippen molar-refractivity contribution in [3.8, 4) is 0 Å². The Bertz CT molecular complexity index is 728. The Labute approximate surface area is 110 Å². The van der Waals surface area contributed by atoms with E-state index in [4.69, 9.17) is 0 Å². The van der Waals surface area contributed by atoms with Gasteiger partial charge in [0.15, 0.2) is 0 Å². The van der Waals surface area contributed by atoms with Gasteiger partial charge in [0.25, 0.3) is 5.91 Å². The first-order chi connectivity index (χ1) is 9.24. The van der Waals surface area contributed by atoms with Crippen molar-refractivity contribution in [1.82, 2.24) is 9.38 Å². The van der Waals surface area contributed by atoms with Crippen LogP contribution >= 0.6 is 0 Å². The SMILES string of the molecule is Cc1ccc(NC(=O)c2cccc3nccn23)cc1. The number of amides is 1. The average molecular weight is 251 g/mol. The molecule has 1 aromatic carbocycles. The number of rotatable bonds is 2. The van der Waals surface area contributed by atoms with Crippen LogP contribution in [-0.4, -0.2) is 15.3 Å². The summed E-state index contributed by atoms with van der Waals surface area (Å²) in [7, 11) is 0. The van der Waals surface area contributed by atoms with Crippen molar-refractivity contribution in [2.24, 2.45) is 0 Å². The monoisotopic (exact) mass is 251 g/mol. The lowest BCUT2D eigenvalue weighted by Gasteiger charge is -2.07. The van der Waals surface area contributed by atoms with Crippen LogP contribution in [0.1, 0.15) is 16.1 Å². The molecular weight excluding hydrogens is 238 g/mol. The van der Waals surface area contributed by atoms with Crippen LogP contribution in [-0.2, 0) is 0 Å². The number of imidazole rings is 1. The molecule has 0 bridgehead atoms. The second-order valence-electron chi connectivity index (χ2n) is 4.39. The lowest BCUT2D eigenvalue weighted by molar-refractivity contribution is 0.102. The lowest BCUT2D eigenvalue weighted by Crippen LogP contribution is -2.15. The predicted molar refractivity (Wildman–Crippen MR) is 74.3 cm³/mol. The van der Waals surface area contributed by atoms with Crippen LogP contribution < -0.4 is 5.32 Å². The zero-order valence-corrected chi connectivity index (χ0v) is 10.5. The van der Waals surface area contributed by atoms with Gasteiger partial charge in [0.1, 0.15) is 11.3 Å². The molecule has 4 heteroatoms. The number of anilines is 1. The largest absolute Gasteiger partial charge is 0.321 e. The number of hydrogen-bond donors (Lipinski definition) is 1. The normalized spacial score (nSPS) is 10.6. The van der Waals surface area contributed by atoms with Crippen LogP contribution in [0.5, 0.6) is 0 Å². The highest BCUT2D eigenvalue weighted by Crippen LogP contribution is 2.12. The van der Waals surface area contributed by atoms with E-state index in [2.05, 4.69) is 10.3 Å². The molecule has 4 nitrogen and oxygen atoms in total. The first kappa shape index (κ1) is 11.5. The predicted octanol–water partition coefficient (Wildman–Crippen LogP) is 2.90. The van der Waals surface area contributed by atoms with Gasteiger partial charge in [-0.3, -0.25) is 9.20 Å². The molecule has 0 atom stereocenters. The Kier molecular flexibility index (Phi) is 2.76. The van der Waals surface area contributed by atoms with E-state index in [-0.39, 0.29) is 5.91 Å². The summed E-state index contributed by atoms with van der Waals surface area (Å²) in [5, 5.41) is 2.88. The summed E-state index contributed by atoms with van der Waals surface area (Å²) < 4.78 is 1.77. The van der Waals surface area contributed by atoms with Gasteiger partial charge in [0.2, 0.25) is 0 Å². The molecule has 2 aromatic heterocycles. The van der Waals surface area contributed by atoms with Crippen molar-refractivity contribution in [2.75, 3.05) is 5.32 Å². The molecular formula is C15H13N3O. The summed E-state index contributed by atoms with van der Waals surface area (Å²) in [6.07, 6.45) is 3.46. The summed E-state index contributed by atoms with van der Waals surface area (Å²) in [6, 6.07) is 13.2. The maximum atomic E-state index is 12.3. The molecule has 3 aromatic rings. The molecule has 1 amide bonds. The fourth-order valence-corrected chi connectivity index (χ4v) is 1.96. The van der Waals surface area contributed by atoms with Gasteiger partial charge >= 0.3 is 0 Å². The van der Waals surface area contributed by atoms with Gasteiger partial charge in [-0.15, -0.1) is 0 Å². The summed E-state index contributed by atoms with van der Waals surface area (Å²) in [5.74, 6) is -0.146. The lowest BCUT2D eigenvalue weighted by atomic mass is 10.2. The average Bonchev–Trinajstić information content (AvgIpc) is 2.89. The molecule has 0 aliphatic rings. The van der Waals surface area contributed by atoms with Gasteiger partial charge in [-0.1, -0.05) is 23.8 Å². The first-order valence-electron chi connectivity index (χ1n) is 6.04. The quantitative estimate of drug-likeness (QED) is 0.761. The summed E-state index contributed by atoms with van der Waals surface area (Å²) in [5.41, 5.74) is 3.27. The minimum absolute atomic E-state index is 0.146. The van der Waals surface area contributed by atoms with Gasteiger partial charge in [-0.2, -0.15) is 0 Å². The maximum Gasteiger partial charge on any atom is 0.272 e. The van der Waals surface area contributed by atoms with E-state index in [1.807, 2.05) is 43.3 Å². The summed E-state index contributed by atoms with van der Waals surface area (Å²) in [4.78, 5) is 16.4. The smallest absolute Gasteiger partial charge is 0.272 e. The van der Waals surface area contributed by atoms with Gasteiger partial charge < -0.3 is 5.32 Å². The molecule has 0 saturated carbocycles. The van der Waals surface area contributed by atoms with Crippen LogP contribution in [0.15, 0.2) is 54.9 Å². The van der Waals surface area contributed by atoms with Crippen molar-refractivity contribution in [3.05, 3.63) is 66.1 Å². The maximum absolute atomic E-state index is 12.3. The van der Waals surface area contributed by atoms with Crippen molar-refractivity contribution in [2.45, 2.75) is 6.92 Å². The number of aromatic nitrogens is 2. The second-order valence-corrected chi connectivity index (χ2v) is 4.39. The molecule has 0 aliphatic carbocycles. The Hall–Kier alpha value is -2.62. The molecule has 0 unspecified atom stereocenters. The van der Waals surface area contributed by atoms with Gasteiger partial charge in [0.05, 0.1) is 0 Å². The topological polar surface area (TPSA) is 46.4 Å². The number of aryl methyl sites for hydroxylation is 1. The van der Waals surface area contributed by atoms with Crippen molar-refractivity contribution in [1.29, 1.82) is 0 Å². The number of benzene rings is 1. The molecule has 0 spiro atoms. The molecule has 1 N–H and O–H groups in total. The third kappa shape index (κ3) is 2.20. The molecule has 0 fully saturated rings. The van der Waals surface area contributed by atoms with Gasteiger partial charge in [-0.05, 0) is 31.2 Å². The molecule has 2 heterocycles. The Balaban J connectivity index is 1.92. The number of nitrogens with zero attached hydrogens (tertiary/aromatic N) is 2. The van der Waals surface area contributed by atoms with Gasteiger partial charge in [-0.25, -0.2) is 4.98 Å². The van der Waals surface area contributed by atoms with Gasteiger partial charge in [0, 0.05) is 18.1 Å². The van der Waals surface area contributed by atoms with E-state index in [0.717, 1.165) is 16.9 Å². The summed E-state index contributed by atoms with van der Waals surface area (Å²) in [6.45, 7) is 2.01. The Morgan fingerprint density at radius 2 is 1.95 bits per heavy atom. The zero-order chi connectivity index (χ0) is 13.2. The highest BCUT2D eigenvalue weighted by molar-refractivity contribution is 6.03. The van der Waals surface area contributed by atoms with E-state index in [9.17, 15) is 4.79 Å². The summed E-state index contributed by atoms with van der Waals surface area (Å²) >= 11 is 0. The number of pyridine rings is 1. The Morgan fingerprint density at radius 3 is 2.74 bits per heavy atom. The van der Waals surface area contributed by atoms with E-state index in [0.29, 0.717) is 5.69 Å². The molecule has 0 radical (unpaired) electrons. The van der Waals surface area contributed by atoms with Crippen molar-refractivity contribution in [3.63, 3.8) is 0 Å². The molecule has 94 valence electrons. The van der Waals surface area contributed by atoms with Crippen LogP contribution in [0, 0.1) is 6.92 Å². The molecule has 0 saturated heterocycles. The van der Waals surface area contributed by atoms with Crippen LogP contribution in [0.3, 0.4) is 0 Å². The van der Waals surface area contributed by atoms with Crippen molar-refractivity contribution < 1.29 is 4.79 Å². The highest BCUT2D eigenvalue weighted by Gasteiger charge is 2.09. The van der Waals surface area contributed by atoms with Crippen molar-refractivity contribution >= 4 is 17.2 Å². The number of carbonyl (C=O) groups is 1. The van der Waals surface area contributed by atoms with E-state index in [1.165, 1.54) is 0 Å². The second kappa shape index (κ2) is 4.57. The first-order valence-corrected chi connectivity index (χ1v) is 6.04. The third-order valence-electron chi connectivity index (χ3n) is 2.97. The van der Waals surface area contributed by atoms with Crippen LogP contribution in [0.4, 0.5) is 5.69 Å². The minimum atomic E-state index is -0.146.